The van der Waals surface area contributed by atoms with Gasteiger partial charge in [0.25, 0.3) is 5.91 Å². The minimum atomic E-state index is -2.23. The van der Waals surface area contributed by atoms with Crippen molar-refractivity contribution in [2.75, 3.05) is 0 Å². The fourth-order valence-electron chi connectivity index (χ4n) is 4.81. The van der Waals surface area contributed by atoms with Gasteiger partial charge in [-0.25, -0.2) is 9.87 Å². The molecule has 2 aromatic carbocycles. The van der Waals surface area contributed by atoms with Crippen LogP contribution in [-0.2, 0) is 20.8 Å². The van der Waals surface area contributed by atoms with Gasteiger partial charge in [-0.05, 0) is 41.5 Å². The Hall–Kier alpha value is -3.00. The number of carbonyl (C=O) groups is 3. The lowest BCUT2D eigenvalue weighted by atomic mass is 9.91. The maximum Gasteiger partial charge on any atom is 0.278 e. The molecule has 1 saturated carbocycles. The number of rotatable bonds is 11. The molecule has 36 heavy (non-hydrogen) atoms. The third-order valence-electron chi connectivity index (χ3n) is 6.94. The number of hydroxylamine groups is 1. The Labute approximate surface area is 212 Å². The molecule has 3 rings (SSSR count). The van der Waals surface area contributed by atoms with Gasteiger partial charge in [-0.1, -0.05) is 82.0 Å². The minimum Gasteiger partial charge on any atom is -0.352 e. The van der Waals surface area contributed by atoms with Crippen LogP contribution in [0.4, 0.5) is 4.39 Å². The molecule has 0 saturated heterocycles. The predicted molar refractivity (Wildman–Crippen MR) is 137 cm³/mol. The molecular weight excluding hydrogens is 461 g/mol. The van der Waals surface area contributed by atoms with Crippen molar-refractivity contribution in [3.8, 4) is 0 Å². The first-order valence-electron chi connectivity index (χ1n) is 12.9. The molecule has 0 unspecified atom stereocenters. The van der Waals surface area contributed by atoms with Gasteiger partial charge < -0.3 is 10.6 Å². The Kier molecular flexibility index (Phi) is 10.2. The van der Waals surface area contributed by atoms with Crippen LogP contribution in [0.25, 0.3) is 10.8 Å². The Bertz CT molecular complexity index is 1040. The van der Waals surface area contributed by atoms with Crippen LogP contribution in [0.1, 0.15) is 64.4 Å². The van der Waals surface area contributed by atoms with Crippen molar-refractivity contribution < 1.29 is 24.0 Å². The second-order valence-corrected chi connectivity index (χ2v) is 10.2. The molecule has 1 fully saturated rings. The van der Waals surface area contributed by atoms with Crippen LogP contribution < -0.4 is 16.1 Å². The SMILES string of the molecule is CC(C)CC[C@@H](C(=O)N[C@@H](Cc1ccc2ccccc2c1)C(=O)NC1CCCCC1)[C@@H](F)C(=O)NO. The molecule has 1 aliphatic carbocycles. The lowest BCUT2D eigenvalue weighted by Gasteiger charge is -2.28. The fourth-order valence-corrected chi connectivity index (χ4v) is 4.81. The maximum absolute atomic E-state index is 14.9. The predicted octanol–water partition coefficient (Wildman–Crippen LogP) is 4.21. The first-order chi connectivity index (χ1) is 17.3. The molecule has 3 atom stereocenters. The number of halogens is 1. The van der Waals surface area contributed by atoms with Crippen molar-refractivity contribution in [3.63, 3.8) is 0 Å². The number of alkyl halides is 1. The number of benzene rings is 2. The summed E-state index contributed by atoms with van der Waals surface area (Å²) < 4.78 is 14.9. The molecule has 7 nitrogen and oxygen atoms in total. The molecule has 0 aromatic heterocycles. The van der Waals surface area contributed by atoms with E-state index in [4.69, 9.17) is 5.21 Å². The molecule has 2 aromatic rings. The van der Waals surface area contributed by atoms with E-state index >= 15 is 0 Å². The van der Waals surface area contributed by atoms with Gasteiger partial charge in [-0.3, -0.25) is 19.6 Å². The summed E-state index contributed by atoms with van der Waals surface area (Å²) >= 11 is 0. The van der Waals surface area contributed by atoms with Crippen LogP contribution in [0.2, 0.25) is 0 Å². The molecule has 0 aliphatic heterocycles. The molecule has 8 heteroatoms. The van der Waals surface area contributed by atoms with E-state index in [0.717, 1.165) is 48.4 Å². The highest BCUT2D eigenvalue weighted by atomic mass is 19.1. The van der Waals surface area contributed by atoms with Crippen LogP contribution in [0.15, 0.2) is 42.5 Å². The average Bonchev–Trinajstić information content (AvgIpc) is 2.88. The lowest BCUT2D eigenvalue weighted by Crippen LogP contribution is -2.53. The normalized spacial score (nSPS) is 16.8. The zero-order valence-corrected chi connectivity index (χ0v) is 21.1. The molecule has 0 bridgehead atoms. The summed E-state index contributed by atoms with van der Waals surface area (Å²) in [6, 6.07) is 12.9. The number of amides is 3. The summed E-state index contributed by atoms with van der Waals surface area (Å²) in [5, 5.41) is 16.8. The third-order valence-corrected chi connectivity index (χ3v) is 6.94. The molecule has 0 spiro atoms. The van der Waals surface area contributed by atoms with Gasteiger partial charge in [-0.2, -0.15) is 0 Å². The van der Waals surface area contributed by atoms with Gasteiger partial charge in [0.1, 0.15) is 6.04 Å². The van der Waals surface area contributed by atoms with E-state index in [9.17, 15) is 18.8 Å². The third kappa shape index (κ3) is 7.75. The summed E-state index contributed by atoms with van der Waals surface area (Å²) in [5.74, 6) is -3.42. The molecule has 4 N–H and O–H groups in total. The summed E-state index contributed by atoms with van der Waals surface area (Å²) in [7, 11) is 0. The second-order valence-electron chi connectivity index (χ2n) is 10.2. The molecule has 1 aliphatic rings. The Morgan fingerprint density at radius 3 is 2.31 bits per heavy atom. The van der Waals surface area contributed by atoms with Gasteiger partial charge in [0.05, 0.1) is 5.92 Å². The summed E-state index contributed by atoms with van der Waals surface area (Å²) in [5.41, 5.74) is 2.16. The van der Waals surface area contributed by atoms with Crippen molar-refractivity contribution in [3.05, 3.63) is 48.0 Å². The van der Waals surface area contributed by atoms with E-state index in [2.05, 4.69) is 10.6 Å². The highest BCUT2D eigenvalue weighted by Gasteiger charge is 2.36. The van der Waals surface area contributed by atoms with Crippen molar-refractivity contribution >= 4 is 28.5 Å². The average molecular weight is 500 g/mol. The number of nitrogens with one attached hydrogen (secondary N) is 3. The van der Waals surface area contributed by atoms with Crippen molar-refractivity contribution in [1.82, 2.24) is 16.1 Å². The monoisotopic (exact) mass is 499 g/mol. The fraction of sp³-hybridized carbons (Fsp3) is 0.536. The number of hydrogen-bond donors (Lipinski definition) is 4. The molecule has 0 radical (unpaired) electrons. The second kappa shape index (κ2) is 13.3. The van der Waals surface area contributed by atoms with E-state index in [1.54, 1.807) is 0 Å². The quantitative estimate of drug-likeness (QED) is 0.274. The highest BCUT2D eigenvalue weighted by molar-refractivity contribution is 5.92. The van der Waals surface area contributed by atoms with Crippen molar-refractivity contribution in [2.24, 2.45) is 11.8 Å². The van der Waals surface area contributed by atoms with E-state index in [0.29, 0.717) is 6.42 Å². The number of hydrogen-bond acceptors (Lipinski definition) is 4. The topological polar surface area (TPSA) is 108 Å². The largest absolute Gasteiger partial charge is 0.352 e. The van der Waals surface area contributed by atoms with Gasteiger partial charge in [-0.15, -0.1) is 0 Å². The molecular formula is C28H38FN3O4. The Morgan fingerprint density at radius 2 is 1.64 bits per heavy atom. The van der Waals surface area contributed by atoms with Gasteiger partial charge in [0.15, 0.2) is 6.17 Å². The summed E-state index contributed by atoms with van der Waals surface area (Å²) in [6.45, 7) is 3.88. The summed E-state index contributed by atoms with van der Waals surface area (Å²) in [6.07, 6.45) is 3.66. The summed E-state index contributed by atoms with van der Waals surface area (Å²) in [4.78, 5) is 38.4. The Morgan fingerprint density at radius 1 is 0.944 bits per heavy atom. The highest BCUT2D eigenvalue weighted by Crippen LogP contribution is 2.22. The van der Waals surface area contributed by atoms with Crippen LogP contribution in [0.3, 0.4) is 0 Å². The van der Waals surface area contributed by atoms with Gasteiger partial charge in [0, 0.05) is 12.5 Å². The Balaban J connectivity index is 1.82. The van der Waals surface area contributed by atoms with E-state index in [1.165, 1.54) is 5.48 Å². The van der Waals surface area contributed by atoms with Crippen LogP contribution in [-0.4, -0.2) is 41.2 Å². The molecule has 0 heterocycles. The van der Waals surface area contributed by atoms with Gasteiger partial charge in [0.2, 0.25) is 11.8 Å². The molecule has 3 amide bonds. The zero-order chi connectivity index (χ0) is 26.1. The maximum atomic E-state index is 14.9. The number of carbonyl (C=O) groups excluding carboxylic acids is 3. The minimum absolute atomic E-state index is 0.0492. The van der Waals surface area contributed by atoms with Crippen molar-refractivity contribution in [2.45, 2.75) is 83.5 Å². The standard InChI is InChI=1S/C28H38FN3O4/c1-18(2)12-15-23(25(29)28(35)32-36)26(33)31-24(27(34)30-22-10-4-3-5-11-22)17-19-13-14-20-8-6-7-9-21(20)16-19/h6-9,13-14,16,18,22-25,36H,3-5,10-12,15,17H2,1-2H3,(H,30,34)(H,31,33)(H,32,35)/t23-,24+,25-/m1/s1. The first kappa shape index (κ1) is 27.6. The van der Waals surface area contributed by atoms with Crippen LogP contribution >= 0.6 is 0 Å². The smallest absolute Gasteiger partial charge is 0.278 e. The van der Waals surface area contributed by atoms with Crippen molar-refractivity contribution in [1.29, 1.82) is 0 Å². The molecule has 196 valence electrons. The zero-order valence-electron chi connectivity index (χ0n) is 21.1. The number of fused-ring (bicyclic) bond motifs is 1. The van der Waals surface area contributed by atoms with E-state index < -0.39 is 29.9 Å². The van der Waals surface area contributed by atoms with E-state index in [-0.39, 0.29) is 30.7 Å². The van der Waals surface area contributed by atoms with E-state index in [1.807, 2.05) is 56.3 Å². The van der Waals surface area contributed by atoms with Crippen LogP contribution in [0.5, 0.6) is 0 Å². The lowest BCUT2D eigenvalue weighted by molar-refractivity contribution is -0.142. The van der Waals surface area contributed by atoms with Gasteiger partial charge >= 0.3 is 0 Å². The first-order valence-corrected chi connectivity index (χ1v) is 12.9. The van der Waals surface area contributed by atoms with Crippen LogP contribution in [0, 0.1) is 11.8 Å².